The van der Waals surface area contributed by atoms with Crippen molar-refractivity contribution in [2.24, 2.45) is 0 Å². The number of halogens is 1. The van der Waals surface area contributed by atoms with E-state index in [4.69, 9.17) is 16.0 Å². The van der Waals surface area contributed by atoms with E-state index in [1.165, 1.54) is 32.1 Å². The van der Waals surface area contributed by atoms with Crippen molar-refractivity contribution in [2.75, 3.05) is 0 Å². The van der Waals surface area contributed by atoms with Crippen molar-refractivity contribution >= 4 is 11.6 Å². The van der Waals surface area contributed by atoms with Crippen LogP contribution in [-0.4, -0.2) is 0 Å². The Bertz CT molecular complexity index is 484. The van der Waals surface area contributed by atoms with Crippen molar-refractivity contribution in [3.8, 4) is 11.3 Å². The second-order valence-corrected chi connectivity index (χ2v) is 5.42. The van der Waals surface area contributed by atoms with Crippen LogP contribution in [0.1, 0.15) is 51.7 Å². The molecule has 2 rings (SSSR count). The first-order valence-electron chi connectivity index (χ1n) is 7.49. The second kappa shape index (κ2) is 9.66. The largest absolute Gasteiger partial charge is 0.461 e. The van der Waals surface area contributed by atoms with Gasteiger partial charge in [0.1, 0.15) is 11.5 Å². The molecule has 0 aliphatic carbocycles. The van der Waals surface area contributed by atoms with Crippen molar-refractivity contribution < 1.29 is 4.42 Å². The fourth-order valence-electron chi connectivity index (χ4n) is 1.91. The van der Waals surface area contributed by atoms with E-state index >= 15 is 0 Å². The van der Waals surface area contributed by atoms with Crippen molar-refractivity contribution in [3.63, 3.8) is 0 Å². The minimum absolute atomic E-state index is 0.728. The lowest BCUT2D eigenvalue weighted by molar-refractivity contribution is 0.548. The molecule has 0 aliphatic heterocycles. The van der Waals surface area contributed by atoms with E-state index in [2.05, 4.69) is 13.8 Å². The molecule has 0 unspecified atom stereocenters. The predicted octanol–water partition coefficient (Wildman–Crippen LogP) is 6.89. The van der Waals surface area contributed by atoms with Gasteiger partial charge in [0.2, 0.25) is 0 Å². The molecule has 0 radical (unpaired) electrons. The van der Waals surface area contributed by atoms with Gasteiger partial charge in [0.15, 0.2) is 0 Å². The number of hydrogen-bond donors (Lipinski definition) is 0. The number of benzene rings is 1. The molecule has 0 aliphatic rings. The predicted molar refractivity (Wildman–Crippen MR) is 88.3 cm³/mol. The standard InChI is InChI=1S/C11H9ClO.C7H16/c1-8-5-6-11(13-8)9-3-2-4-10(12)7-9;1-3-5-7-6-4-2/h2-7H,1H3;3-7H2,1-2H3. The fourth-order valence-corrected chi connectivity index (χ4v) is 2.10. The van der Waals surface area contributed by atoms with Crippen LogP contribution in [0, 0.1) is 6.92 Å². The lowest BCUT2D eigenvalue weighted by Crippen LogP contribution is -1.72. The van der Waals surface area contributed by atoms with Gasteiger partial charge >= 0.3 is 0 Å². The number of furan rings is 1. The third-order valence-electron chi connectivity index (χ3n) is 3.06. The third-order valence-corrected chi connectivity index (χ3v) is 3.29. The van der Waals surface area contributed by atoms with Gasteiger partial charge in [0.25, 0.3) is 0 Å². The molecule has 0 saturated carbocycles. The molecule has 0 fully saturated rings. The van der Waals surface area contributed by atoms with E-state index in [0.29, 0.717) is 0 Å². The normalized spacial score (nSPS) is 10.0. The van der Waals surface area contributed by atoms with Gasteiger partial charge in [-0.2, -0.15) is 0 Å². The lowest BCUT2D eigenvalue weighted by Gasteiger charge is -1.96. The highest BCUT2D eigenvalue weighted by atomic mass is 35.5. The molecule has 1 heterocycles. The first kappa shape index (κ1) is 16.8. The number of aryl methyl sites for hydroxylation is 1. The van der Waals surface area contributed by atoms with Crippen LogP contribution in [-0.2, 0) is 0 Å². The summed E-state index contributed by atoms with van der Waals surface area (Å²) >= 11 is 5.86. The highest BCUT2D eigenvalue weighted by Gasteiger charge is 2.01. The van der Waals surface area contributed by atoms with Crippen molar-refractivity contribution in [2.45, 2.75) is 52.9 Å². The minimum atomic E-state index is 0.728. The molecular formula is C18H25ClO. The molecule has 110 valence electrons. The Hall–Kier alpha value is -1.21. The molecule has 0 bridgehead atoms. The summed E-state index contributed by atoms with van der Waals surface area (Å²) in [5, 5.41) is 0.728. The van der Waals surface area contributed by atoms with Gasteiger partial charge in [0, 0.05) is 10.6 Å². The Kier molecular flexibility index (Phi) is 8.13. The van der Waals surface area contributed by atoms with Gasteiger partial charge in [0.05, 0.1) is 0 Å². The molecule has 2 heteroatoms. The zero-order valence-electron chi connectivity index (χ0n) is 12.8. The van der Waals surface area contributed by atoms with Crippen molar-refractivity contribution in [1.29, 1.82) is 0 Å². The summed E-state index contributed by atoms with van der Waals surface area (Å²) in [7, 11) is 0. The maximum Gasteiger partial charge on any atom is 0.134 e. The molecule has 2 aromatic rings. The molecule has 0 saturated heterocycles. The highest BCUT2D eigenvalue weighted by molar-refractivity contribution is 6.30. The smallest absolute Gasteiger partial charge is 0.134 e. The summed E-state index contributed by atoms with van der Waals surface area (Å²) < 4.78 is 5.47. The first-order chi connectivity index (χ1) is 9.67. The monoisotopic (exact) mass is 292 g/mol. The van der Waals surface area contributed by atoms with E-state index in [0.717, 1.165) is 22.1 Å². The minimum Gasteiger partial charge on any atom is -0.461 e. The maximum absolute atomic E-state index is 5.86. The first-order valence-corrected chi connectivity index (χ1v) is 7.87. The molecule has 0 spiro atoms. The van der Waals surface area contributed by atoms with Crippen LogP contribution in [0.4, 0.5) is 0 Å². The molecule has 0 N–H and O–H groups in total. The summed E-state index contributed by atoms with van der Waals surface area (Å²) in [6, 6.07) is 11.5. The zero-order chi connectivity index (χ0) is 14.8. The van der Waals surface area contributed by atoms with Crippen LogP contribution in [0.3, 0.4) is 0 Å². The van der Waals surface area contributed by atoms with Crippen molar-refractivity contribution in [1.82, 2.24) is 0 Å². The Balaban J connectivity index is 0.000000246. The summed E-state index contributed by atoms with van der Waals surface area (Å²) in [5.41, 5.74) is 1.01. The molecule has 0 amide bonds. The van der Waals surface area contributed by atoms with Crippen LogP contribution in [0.5, 0.6) is 0 Å². The highest BCUT2D eigenvalue weighted by Crippen LogP contribution is 2.24. The van der Waals surface area contributed by atoms with E-state index in [-0.39, 0.29) is 0 Å². The summed E-state index contributed by atoms with van der Waals surface area (Å²) in [4.78, 5) is 0. The quantitative estimate of drug-likeness (QED) is 0.547. The Morgan fingerprint density at radius 3 is 2.15 bits per heavy atom. The van der Waals surface area contributed by atoms with Crippen LogP contribution >= 0.6 is 11.6 Å². The summed E-state index contributed by atoms with van der Waals surface area (Å²) in [5.74, 6) is 1.77. The van der Waals surface area contributed by atoms with Crippen LogP contribution in [0.2, 0.25) is 5.02 Å². The molecular weight excluding hydrogens is 268 g/mol. The van der Waals surface area contributed by atoms with Gasteiger partial charge in [-0.05, 0) is 31.2 Å². The SMILES string of the molecule is CCCCCCC.Cc1ccc(-c2cccc(Cl)c2)o1. The Morgan fingerprint density at radius 1 is 0.950 bits per heavy atom. The number of unbranched alkanes of at least 4 members (excludes halogenated alkanes) is 4. The third kappa shape index (κ3) is 6.29. The molecule has 20 heavy (non-hydrogen) atoms. The van der Waals surface area contributed by atoms with E-state index in [9.17, 15) is 0 Å². The molecule has 1 nitrogen and oxygen atoms in total. The number of hydrogen-bond acceptors (Lipinski definition) is 1. The van der Waals surface area contributed by atoms with Crippen LogP contribution in [0.15, 0.2) is 40.8 Å². The lowest BCUT2D eigenvalue weighted by atomic mass is 10.2. The molecule has 1 aromatic heterocycles. The molecule has 0 atom stereocenters. The fraction of sp³-hybridized carbons (Fsp3) is 0.444. The average Bonchev–Trinajstić information content (AvgIpc) is 2.87. The zero-order valence-corrected chi connectivity index (χ0v) is 13.5. The maximum atomic E-state index is 5.86. The Labute approximate surface area is 128 Å². The van der Waals surface area contributed by atoms with Gasteiger partial charge in [-0.1, -0.05) is 69.7 Å². The summed E-state index contributed by atoms with van der Waals surface area (Å²) in [6.07, 6.45) is 7.01. The molecule has 1 aromatic carbocycles. The van der Waals surface area contributed by atoms with Crippen molar-refractivity contribution in [3.05, 3.63) is 47.2 Å². The average molecular weight is 293 g/mol. The van der Waals surface area contributed by atoms with E-state index in [1.54, 1.807) is 0 Å². The summed E-state index contributed by atoms with van der Waals surface area (Å²) in [6.45, 7) is 6.42. The van der Waals surface area contributed by atoms with Gasteiger partial charge in [-0.25, -0.2) is 0 Å². The van der Waals surface area contributed by atoms with Crippen LogP contribution < -0.4 is 0 Å². The van der Waals surface area contributed by atoms with Gasteiger partial charge in [-0.15, -0.1) is 0 Å². The van der Waals surface area contributed by atoms with Gasteiger partial charge < -0.3 is 4.42 Å². The van der Waals surface area contributed by atoms with Gasteiger partial charge in [-0.3, -0.25) is 0 Å². The van der Waals surface area contributed by atoms with E-state index in [1.807, 2.05) is 43.3 Å². The number of rotatable bonds is 5. The second-order valence-electron chi connectivity index (χ2n) is 4.98. The van der Waals surface area contributed by atoms with E-state index < -0.39 is 0 Å². The topological polar surface area (TPSA) is 13.1 Å². The Morgan fingerprint density at radius 2 is 1.65 bits per heavy atom. The van der Waals surface area contributed by atoms with Crippen LogP contribution in [0.25, 0.3) is 11.3 Å².